The summed E-state index contributed by atoms with van der Waals surface area (Å²) in [5.74, 6) is -0.246. The van der Waals surface area contributed by atoms with Crippen molar-refractivity contribution in [3.63, 3.8) is 0 Å². The van der Waals surface area contributed by atoms with Crippen LogP contribution >= 0.6 is 0 Å². The lowest BCUT2D eigenvalue weighted by Crippen LogP contribution is -2.46. The molecule has 1 aromatic heterocycles. The van der Waals surface area contributed by atoms with Crippen LogP contribution in [0.3, 0.4) is 0 Å². The van der Waals surface area contributed by atoms with E-state index in [2.05, 4.69) is 5.32 Å². The van der Waals surface area contributed by atoms with Crippen molar-refractivity contribution in [3.05, 3.63) is 59.8 Å². The van der Waals surface area contributed by atoms with Gasteiger partial charge in [0.05, 0.1) is 23.8 Å². The molecule has 1 aromatic carbocycles. The highest BCUT2D eigenvalue weighted by atomic mass is 19.1. The number of benzene rings is 1. The van der Waals surface area contributed by atoms with Crippen molar-refractivity contribution in [2.45, 2.75) is 44.6 Å². The standard InChI is InChI=1S/C23H27FN2O3/c24-20-9-7-17(8-10-20)21(16-4-1-2-5-16)25-22(27)18-6-3-12-26(14-18)23(28)19-11-13-29-15-19/h7-11,13,15-16,18,21H,1-6,12,14H2,(H,25,27)/t18-,21+/m0/s1. The fraction of sp³-hybridized carbons (Fsp3) is 0.478. The third kappa shape index (κ3) is 4.52. The lowest BCUT2D eigenvalue weighted by atomic mass is 9.90. The maximum atomic E-state index is 13.4. The summed E-state index contributed by atoms with van der Waals surface area (Å²) in [6, 6.07) is 8.00. The van der Waals surface area contributed by atoms with Gasteiger partial charge in [-0.15, -0.1) is 0 Å². The lowest BCUT2D eigenvalue weighted by Gasteiger charge is -2.34. The molecule has 2 aliphatic rings. The first-order valence-corrected chi connectivity index (χ1v) is 10.5. The Bertz CT molecular complexity index is 828. The second kappa shape index (κ2) is 8.80. The van der Waals surface area contributed by atoms with Crippen molar-refractivity contribution in [2.75, 3.05) is 13.1 Å². The van der Waals surface area contributed by atoms with Gasteiger partial charge in [0.25, 0.3) is 5.91 Å². The number of amides is 2. The average Bonchev–Trinajstić information content (AvgIpc) is 3.46. The topological polar surface area (TPSA) is 62.6 Å². The highest BCUT2D eigenvalue weighted by Crippen LogP contribution is 2.36. The predicted octanol–water partition coefficient (Wildman–Crippen LogP) is 4.32. The number of hydrogen-bond acceptors (Lipinski definition) is 3. The molecule has 1 saturated carbocycles. The van der Waals surface area contributed by atoms with Crippen LogP contribution in [0.4, 0.5) is 4.39 Å². The molecule has 1 aliphatic heterocycles. The number of nitrogens with zero attached hydrogens (tertiary/aromatic N) is 1. The highest BCUT2D eigenvalue weighted by molar-refractivity contribution is 5.94. The summed E-state index contributed by atoms with van der Waals surface area (Å²) < 4.78 is 18.4. The van der Waals surface area contributed by atoms with Crippen molar-refractivity contribution in [2.24, 2.45) is 11.8 Å². The van der Waals surface area contributed by atoms with Crippen molar-refractivity contribution in [3.8, 4) is 0 Å². The van der Waals surface area contributed by atoms with Gasteiger partial charge >= 0.3 is 0 Å². The number of halogens is 1. The van der Waals surface area contributed by atoms with E-state index in [0.29, 0.717) is 24.6 Å². The van der Waals surface area contributed by atoms with Gasteiger partial charge in [0.15, 0.2) is 0 Å². The van der Waals surface area contributed by atoms with Crippen LogP contribution in [-0.2, 0) is 4.79 Å². The summed E-state index contributed by atoms with van der Waals surface area (Å²) >= 11 is 0. The van der Waals surface area contributed by atoms with Crippen molar-refractivity contribution in [1.29, 1.82) is 0 Å². The zero-order valence-corrected chi connectivity index (χ0v) is 16.5. The molecule has 2 aromatic rings. The molecule has 0 spiro atoms. The van der Waals surface area contributed by atoms with E-state index < -0.39 is 0 Å². The molecule has 4 rings (SSSR count). The minimum Gasteiger partial charge on any atom is -0.472 e. The van der Waals surface area contributed by atoms with Gasteiger partial charge in [-0.3, -0.25) is 9.59 Å². The first-order chi connectivity index (χ1) is 14.1. The zero-order valence-electron chi connectivity index (χ0n) is 16.5. The van der Waals surface area contributed by atoms with Crippen molar-refractivity contribution >= 4 is 11.8 Å². The molecule has 2 atom stereocenters. The molecule has 0 bridgehead atoms. The maximum absolute atomic E-state index is 13.4. The van der Waals surface area contributed by atoms with Crippen molar-refractivity contribution < 1.29 is 18.4 Å². The Labute approximate surface area is 170 Å². The van der Waals surface area contributed by atoms with Gasteiger partial charge in [-0.05, 0) is 55.4 Å². The van der Waals surface area contributed by atoms with E-state index in [-0.39, 0.29) is 29.6 Å². The largest absolute Gasteiger partial charge is 0.472 e. The number of carbonyl (C=O) groups excluding carboxylic acids is 2. The maximum Gasteiger partial charge on any atom is 0.257 e. The average molecular weight is 398 g/mol. The summed E-state index contributed by atoms with van der Waals surface area (Å²) in [5.41, 5.74) is 1.47. The Hall–Kier alpha value is -2.63. The van der Waals surface area contributed by atoms with Crippen LogP contribution in [0.1, 0.15) is 60.5 Å². The molecular weight excluding hydrogens is 371 g/mol. The quantitative estimate of drug-likeness (QED) is 0.816. The number of piperidine rings is 1. The Morgan fingerprint density at radius 2 is 1.83 bits per heavy atom. The molecule has 1 saturated heterocycles. The molecule has 2 heterocycles. The van der Waals surface area contributed by atoms with Crippen LogP contribution in [0, 0.1) is 17.7 Å². The van der Waals surface area contributed by atoms with E-state index in [9.17, 15) is 14.0 Å². The first kappa shape index (κ1) is 19.7. The molecular formula is C23H27FN2O3. The SMILES string of the molecule is O=C(N[C@@H](c1ccc(F)cc1)C1CCCC1)[C@H]1CCCN(C(=O)c2ccoc2)C1. The van der Waals surface area contributed by atoms with Gasteiger partial charge in [0.2, 0.25) is 5.91 Å². The monoisotopic (exact) mass is 398 g/mol. The molecule has 2 amide bonds. The molecule has 1 N–H and O–H groups in total. The molecule has 0 unspecified atom stereocenters. The third-order valence-corrected chi connectivity index (χ3v) is 6.25. The van der Waals surface area contributed by atoms with E-state index in [1.807, 2.05) is 0 Å². The molecule has 0 radical (unpaired) electrons. The fourth-order valence-corrected chi connectivity index (χ4v) is 4.65. The molecule has 1 aliphatic carbocycles. The molecule has 5 nitrogen and oxygen atoms in total. The first-order valence-electron chi connectivity index (χ1n) is 10.5. The summed E-state index contributed by atoms with van der Waals surface area (Å²) in [6.07, 6.45) is 8.94. The Kier molecular flexibility index (Phi) is 5.97. The summed E-state index contributed by atoms with van der Waals surface area (Å²) in [4.78, 5) is 27.5. The van der Waals surface area contributed by atoms with Crippen molar-refractivity contribution in [1.82, 2.24) is 10.2 Å². The smallest absolute Gasteiger partial charge is 0.257 e. The Morgan fingerprint density at radius 1 is 1.07 bits per heavy atom. The molecule has 29 heavy (non-hydrogen) atoms. The van der Waals surface area contributed by atoms with Crippen LogP contribution in [-0.4, -0.2) is 29.8 Å². The lowest BCUT2D eigenvalue weighted by molar-refractivity contribution is -0.127. The van der Waals surface area contributed by atoms with Crippen LogP contribution < -0.4 is 5.32 Å². The number of carbonyl (C=O) groups is 2. The number of nitrogens with one attached hydrogen (secondary N) is 1. The van der Waals surface area contributed by atoms with E-state index in [0.717, 1.165) is 44.1 Å². The van der Waals surface area contributed by atoms with E-state index >= 15 is 0 Å². The highest BCUT2D eigenvalue weighted by Gasteiger charge is 2.33. The van der Waals surface area contributed by atoms with Gasteiger partial charge in [0, 0.05) is 13.1 Å². The van der Waals surface area contributed by atoms with E-state index in [1.54, 1.807) is 23.1 Å². The summed E-state index contributed by atoms with van der Waals surface area (Å²) in [5, 5.41) is 3.24. The molecule has 154 valence electrons. The predicted molar refractivity (Wildman–Crippen MR) is 107 cm³/mol. The van der Waals surface area contributed by atoms with Gasteiger partial charge < -0.3 is 14.6 Å². The van der Waals surface area contributed by atoms with Crippen LogP contribution in [0.2, 0.25) is 0 Å². The van der Waals surface area contributed by atoms with E-state index in [1.165, 1.54) is 24.7 Å². The van der Waals surface area contributed by atoms with Crippen LogP contribution in [0.15, 0.2) is 47.3 Å². The second-order valence-electron chi connectivity index (χ2n) is 8.18. The van der Waals surface area contributed by atoms with Gasteiger partial charge in [0.1, 0.15) is 12.1 Å². The molecule has 2 fully saturated rings. The van der Waals surface area contributed by atoms with E-state index in [4.69, 9.17) is 4.42 Å². The van der Waals surface area contributed by atoms with Gasteiger partial charge in [-0.1, -0.05) is 25.0 Å². The summed E-state index contributed by atoms with van der Waals surface area (Å²) in [6.45, 7) is 1.06. The number of furan rings is 1. The molecule has 6 heteroatoms. The van der Waals surface area contributed by atoms with Crippen LogP contribution in [0.25, 0.3) is 0 Å². The third-order valence-electron chi connectivity index (χ3n) is 6.25. The minimum absolute atomic E-state index is 0.0177. The number of hydrogen-bond donors (Lipinski definition) is 1. The number of rotatable bonds is 5. The second-order valence-corrected chi connectivity index (χ2v) is 8.18. The van der Waals surface area contributed by atoms with Gasteiger partial charge in [-0.2, -0.15) is 0 Å². The Morgan fingerprint density at radius 3 is 2.52 bits per heavy atom. The fourth-order valence-electron chi connectivity index (χ4n) is 4.65. The van der Waals surface area contributed by atoms with Gasteiger partial charge in [-0.25, -0.2) is 4.39 Å². The number of likely N-dealkylation sites (tertiary alicyclic amines) is 1. The van der Waals surface area contributed by atoms with Crippen LogP contribution in [0.5, 0.6) is 0 Å². The Balaban J connectivity index is 1.45. The normalized spacial score (nSPS) is 21.1. The summed E-state index contributed by atoms with van der Waals surface area (Å²) in [7, 11) is 0. The zero-order chi connectivity index (χ0) is 20.2. The minimum atomic E-state index is -0.272.